The summed E-state index contributed by atoms with van der Waals surface area (Å²) in [5.74, 6) is 0.180. The highest BCUT2D eigenvalue weighted by atomic mass is 19.1. The van der Waals surface area contributed by atoms with Crippen molar-refractivity contribution >= 4 is 0 Å². The van der Waals surface area contributed by atoms with Crippen molar-refractivity contribution in [3.05, 3.63) is 65.0 Å². The van der Waals surface area contributed by atoms with Crippen molar-refractivity contribution in [2.24, 2.45) is 0 Å². The number of benzene rings is 2. The predicted octanol–water partition coefficient (Wildman–Crippen LogP) is 3.53. The van der Waals surface area contributed by atoms with E-state index in [-0.39, 0.29) is 11.9 Å². The summed E-state index contributed by atoms with van der Waals surface area (Å²) in [7, 11) is 1.66. The molecule has 0 saturated carbocycles. The molecular formula is C17H17FO3. The third-order valence-electron chi connectivity index (χ3n) is 3.70. The van der Waals surface area contributed by atoms with E-state index in [1.807, 2.05) is 24.3 Å². The summed E-state index contributed by atoms with van der Waals surface area (Å²) in [5, 5.41) is 10.2. The second-order valence-corrected chi connectivity index (χ2v) is 5.21. The first-order chi connectivity index (χ1) is 10.2. The van der Waals surface area contributed by atoms with E-state index in [0.29, 0.717) is 24.3 Å². The van der Waals surface area contributed by atoms with Crippen LogP contribution in [0.25, 0.3) is 0 Å². The number of fused-ring (bicyclic) bond motifs is 1. The van der Waals surface area contributed by atoms with Gasteiger partial charge in [0.2, 0.25) is 0 Å². The summed E-state index contributed by atoms with van der Waals surface area (Å²) >= 11 is 0. The van der Waals surface area contributed by atoms with Gasteiger partial charge in [-0.3, -0.25) is 0 Å². The molecule has 4 heteroatoms. The summed E-state index contributed by atoms with van der Waals surface area (Å²) in [5.41, 5.74) is 2.59. The highest BCUT2D eigenvalue weighted by molar-refractivity contribution is 5.39. The van der Waals surface area contributed by atoms with Gasteiger partial charge < -0.3 is 14.6 Å². The van der Waals surface area contributed by atoms with E-state index in [4.69, 9.17) is 9.47 Å². The maximum Gasteiger partial charge on any atom is 0.127 e. The zero-order valence-corrected chi connectivity index (χ0v) is 11.8. The Morgan fingerprint density at radius 3 is 2.71 bits per heavy atom. The highest BCUT2D eigenvalue weighted by Crippen LogP contribution is 2.40. The molecule has 0 fully saturated rings. The molecule has 0 aromatic heterocycles. The monoisotopic (exact) mass is 288 g/mol. The fourth-order valence-electron chi connectivity index (χ4n) is 2.62. The van der Waals surface area contributed by atoms with Gasteiger partial charge >= 0.3 is 0 Å². The van der Waals surface area contributed by atoms with Crippen LogP contribution in [0.1, 0.15) is 35.3 Å². The lowest BCUT2D eigenvalue weighted by atomic mass is 9.94. The second-order valence-electron chi connectivity index (χ2n) is 5.21. The van der Waals surface area contributed by atoms with Gasteiger partial charge in [-0.05, 0) is 29.3 Å². The molecule has 3 rings (SSSR count). The van der Waals surface area contributed by atoms with Gasteiger partial charge in [0.25, 0.3) is 0 Å². The summed E-state index contributed by atoms with van der Waals surface area (Å²) < 4.78 is 24.2. The molecule has 0 amide bonds. The molecule has 1 unspecified atom stereocenters. The van der Waals surface area contributed by atoms with E-state index in [1.165, 1.54) is 12.1 Å². The molecule has 0 bridgehead atoms. The number of halogens is 1. The lowest BCUT2D eigenvalue weighted by molar-refractivity contribution is 0.0653. The summed E-state index contributed by atoms with van der Waals surface area (Å²) in [6.45, 7) is 0.566. The van der Waals surface area contributed by atoms with Crippen LogP contribution >= 0.6 is 0 Å². The average molecular weight is 288 g/mol. The van der Waals surface area contributed by atoms with Crippen molar-refractivity contribution in [3.8, 4) is 5.75 Å². The van der Waals surface area contributed by atoms with Gasteiger partial charge in [-0.1, -0.05) is 24.3 Å². The topological polar surface area (TPSA) is 38.7 Å². The first kappa shape index (κ1) is 14.0. The molecule has 110 valence electrons. The Bertz CT molecular complexity index is 624. The molecule has 0 aliphatic carbocycles. The highest BCUT2D eigenvalue weighted by Gasteiger charge is 2.28. The molecule has 1 N–H and O–H groups in total. The Balaban J connectivity index is 1.83. The van der Waals surface area contributed by atoms with Crippen molar-refractivity contribution in [1.29, 1.82) is 0 Å². The van der Waals surface area contributed by atoms with Crippen molar-refractivity contribution in [2.75, 3.05) is 7.11 Å². The first-order valence-electron chi connectivity index (χ1n) is 6.89. The smallest absolute Gasteiger partial charge is 0.127 e. The zero-order chi connectivity index (χ0) is 14.8. The lowest BCUT2D eigenvalue weighted by Gasteiger charge is -2.30. The van der Waals surface area contributed by atoms with E-state index in [9.17, 15) is 9.50 Å². The first-order valence-corrected chi connectivity index (χ1v) is 6.89. The number of aliphatic hydroxyl groups excluding tert-OH is 1. The molecule has 1 aliphatic rings. The normalized spacial score (nSPS) is 20.7. The number of rotatable bonds is 3. The van der Waals surface area contributed by atoms with Crippen molar-refractivity contribution < 1.29 is 19.0 Å². The predicted molar refractivity (Wildman–Crippen MR) is 76.5 cm³/mol. The third kappa shape index (κ3) is 2.91. The Morgan fingerprint density at radius 2 is 2.00 bits per heavy atom. The number of hydrogen-bond donors (Lipinski definition) is 1. The van der Waals surface area contributed by atoms with Gasteiger partial charge in [-0.2, -0.15) is 0 Å². The molecule has 21 heavy (non-hydrogen) atoms. The van der Waals surface area contributed by atoms with Crippen LogP contribution in [0.15, 0.2) is 42.5 Å². The quantitative estimate of drug-likeness (QED) is 0.939. The standard InChI is InChI=1S/C17H17FO3/c1-20-10-11-2-4-12(5-3-11)17-9-15(19)14-8-13(18)6-7-16(14)21-17/h2-8,15,17,19H,9-10H2,1H3/t15-,17?/m1/s1. The van der Waals surface area contributed by atoms with Crippen molar-refractivity contribution in [1.82, 2.24) is 0 Å². The van der Waals surface area contributed by atoms with Crippen LogP contribution in [0.2, 0.25) is 0 Å². The minimum Gasteiger partial charge on any atom is -0.485 e. The van der Waals surface area contributed by atoms with Gasteiger partial charge in [-0.25, -0.2) is 4.39 Å². The van der Waals surface area contributed by atoms with E-state index in [2.05, 4.69) is 0 Å². The number of ether oxygens (including phenoxy) is 2. The Labute approximate surface area is 122 Å². The molecule has 0 radical (unpaired) electrons. The van der Waals surface area contributed by atoms with Crippen molar-refractivity contribution in [2.45, 2.75) is 25.2 Å². The third-order valence-corrected chi connectivity index (χ3v) is 3.70. The molecule has 0 spiro atoms. The van der Waals surface area contributed by atoms with Gasteiger partial charge in [0.1, 0.15) is 17.7 Å². The van der Waals surface area contributed by atoms with Crippen LogP contribution < -0.4 is 4.74 Å². The molecule has 1 aliphatic heterocycles. The Hall–Kier alpha value is -1.91. The van der Waals surface area contributed by atoms with Crippen molar-refractivity contribution in [3.63, 3.8) is 0 Å². The second kappa shape index (κ2) is 5.84. The largest absolute Gasteiger partial charge is 0.485 e. The van der Waals surface area contributed by atoms with E-state index in [1.54, 1.807) is 13.2 Å². The van der Waals surface area contributed by atoms with E-state index >= 15 is 0 Å². The molecule has 1 heterocycles. The zero-order valence-electron chi connectivity index (χ0n) is 11.8. The molecule has 3 nitrogen and oxygen atoms in total. The van der Waals surface area contributed by atoms with Crippen LogP contribution in [0.4, 0.5) is 4.39 Å². The number of hydrogen-bond acceptors (Lipinski definition) is 3. The molecule has 2 aromatic carbocycles. The van der Waals surface area contributed by atoms with Gasteiger partial charge in [-0.15, -0.1) is 0 Å². The molecule has 0 saturated heterocycles. The minimum atomic E-state index is -0.715. The summed E-state index contributed by atoms with van der Waals surface area (Å²) in [6.07, 6.45) is -0.525. The molecule has 2 aromatic rings. The van der Waals surface area contributed by atoms with Gasteiger partial charge in [0.15, 0.2) is 0 Å². The molecule has 2 atom stereocenters. The fraction of sp³-hybridized carbons (Fsp3) is 0.294. The summed E-state index contributed by atoms with van der Waals surface area (Å²) in [4.78, 5) is 0. The summed E-state index contributed by atoms with van der Waals surface area (Å²) in [6, 6.07) is 12.1. The molecular weight excluding hydrogens is 271 g/mol. The fourth-order valence-corrected chi connectivity index (χ4v) is 2.62. The van der Waals surface area contributed by atoms with Gasteiger partial charge in [0, 0.05) is 19.1 Å². The van der Waals surface area contributed by atoms with Crippen LogP contribution in [0.3, 0.4) is 0 Å². The average Bonchev–Trinajstić information content (AvgIpc) is 2.49. The lowest BCUT2D eigenvalue weighted by Crippen LogP contribution is -2.19. The number of aliphatic hydroxyl groups is 1. The minimum absolute atomic E-state index is 0.227. The maximum absolute atomic E-state index is 13.2. The van der Waals surface area contributed by atoms with Crippen LogP contribution in [-0.2, 0) is 11.3 Å². The van der Waals surface area contributed by atoms with Crippen LogP contribution in [-0.4, -0.2) is 12.2 Å². The number of methoxy groups -OCH3 is 1. The van der Waals surface area contributed by atoms with E-state index < -0.39 is 6.10 Å². The van der Waals surface area contributed by atoms with E-state index in [0.717, 1.165) is 11.1 Å². The SMILES string of the molecule is COCc1ccc(C2C[C@@H](O)c3cc(F)ccc3O2)cc1. The van der Waals surface area contributed by atoms with Crippen LogP contribution in [0, 0.1) is 5.82 Å². The van der Waals surface area contributed by atoms with Gasteiger partial charge in [0.05, 0.1) is 12.7 Å². The Morgan fingerprint density at radius 1 is 1.24 bits per heavy atom. The van der Waals surface area contributed by atoms with Crippen LogP contribution in [0.5, 0.6) is 5.75 Å². The maximum atomic E-state index is 13.2. The Kier molecular flexibility index (Phi) is 3.90.